The summed E-state index contributed by atoms with van der Waals surface area (Å²) in [4.78, 5) is 0. The van der Waals surface area contributed by atoms with Gasteiger partial charge in [0.05, 0.1) is 0 Å². The van der Waals surface area contributed by atoms with Crippen LogP contribution in [0.2, 0.25) is 0 Å². The molecule has 0 fully saturated rings. The normalized spacial score (nSPS) is 14.4. The highest BCUT2D eigenvalue weighted by molar-refractivity contribution is 5.75. The van der Waals surface area contributed by atoms with Gasteiger partial charge in [0.2, 0.25) is 0 Å². The van der Waals surface area contributed by atoms with Crippen molar-refractivity contribution in [3.05, 3.63) is 65.8 Å². The Kier molecular flexibility index (Phi) is 11.3. The van der Waals surface area contributed by atoms with Gasteiger partial charge in [-0.2, -0.15) is 0 Å². The van der Waals surface area contributed by atoms with Crippen molar-refractivity contribution < 1.29 is 0 Å². The van der Waals surface area contributed by atoms with Crippen molar-refractivity contribution in [2.75, 3.05) is 0 Å². The topological polar surface area (TPSA) is 0 Å². The summed E-state index contributed by atoms with van der Waals surface area (Å²) in [5.74, 6) is 0.662. The van der Waals surface area contributed by atoms with Crippen molar-refractivity contribution in [2.45, 2.75) is 54.4 Å². The first-order valence-corrected chi connectivity index (χ1v) is 8.45. The molecule has 1 unspecified atom stereocenters. The fraction of sp³-hybridized carbons (Fsp3) is 0.429. The largest absolute Gasteiger partial charge is 0.0772 e. The Hall–Kier alpha value is -1.56. The molecule has 0 bridgehead atoms. The molecule has 0 saturated carbocycles. The molecule has 116 valence electrons. The summed E-state index contributed by atoms with van der Waals surface area (Å²) in [6.45, 7) is 12.5. The SMILES string of the molecule is CC.CC.CCC(C)C1=CCC=C(c2ccccc2)C=C1. The van der Waals surface area contributed by atoms with E-state index in [-0.39, 0.29) is 0 Å². The third-order valence-electron chi connectivity index (χ3n) is 3.44. The Morgan fingerprint density at radius 2 is 1.52 bits per heavy atom. The molecule has 0 aromatic heterocycles. The summed E-state index contributed by atoms with van der Waals surface area (Å²) in [5.41, 5.74) is 4.11. The number of hydrogen-bond donors (Lipinski definition) is 0. The predicted molar refractivity (Wildman–Crippen MR) is 98.4 cm³/mol. The van der Waals surface area contributed by atoms with Crippen molar-refractivity contribution in [3.8, 4) is 0 Å². The van der Waals surface area contributed by atoms with E-state index in [0.717, 1.165) is 6.42 Å². The fourth-order valence-electron chi connectivity index (χ4n) is 2.09. The van der Waals surface area contributed by atoms with Crippen LogP contribution in [0.4, 0.5) is 0 Å². The van der Waals surface area contributed by atoms with Crippen molar-refractivity contribution in [2.24, 2.45) is 5.92 Å². The average Bonchev–Trinajstić information content (AvgIpc) is 2.85. The number of hydrogen-bond acceptors (Lipinski definition) is 0. The van der Waals surface area contributed by atoms with Crippen LogP contribution in [-0.2, 0) is 0 Å². The van der Waals surface area contributed by atoms with Crippen molar-refractivity contribution in [1.29, 1.82) is 0 Å². The maximum atomic E-state index is 2.35. The summed E-state index contributed by atoms with van der Waals surface area (Å²) in [6, 6.07) is 10.6. The van der Waals surface area contributed by atoms with Crippen LogP contribution in [0.1, 0.15) is 59.9 Å². The molecule has 1 aromatic rings. The molecule has 0 saturated heterocycles. The molecule has 21 heavy (non-hydrogen) atoms. The molecule has 0 spiro atoms. The van der Waals surface area contributed by atoms with Gasteiger partial charge in [-0.25, -0.2) is 0 Å². The quantitative estimate of drug-likeness (QED) is 0.557. The summed E-state index contributed by atoms with van der Waals surface area (Å²) in [7, 11) is 0. The minimum absolute atomic E-state index is 0.662. The van der Waals surface area contributed by atoms with Crippen LogP contribution in [-0.4, -0.2) is 0 Å². The second-order valence-electron chi connectivity index (χ2n) is 4.61. The second kappa shape index (κ2) is 12.2. The monoisotopic (exact) mass is 284 g/mol. The van der Waals surface area contributed by atoms with Crippen LogP contribution in [0.15, 0.2) is 60.2 Å². The lowest BCUT2D eigenvalue weighted by molar-refractivity contribution is 0.668. The van der Waals surface area contributed by atoms with Gasteiger partial charge < -0.3 is 0 Å². The zero-order chi connectivity index (χ0) is 16.1. The van der Waals surface area contributed by atoms with Crippen LogP contribution in [0, 0.1) is 5.92 Å². The van der Waals surface area contributed by atoms with E-state index in [4.69, 9.17) is 0 Å². The lowest BCUT2D eigenvalue weighted by Gasteiger charge is -2.08. The predicted octanol–water partition coefficient (Wildman–Crippen LogP) is 7.05. The molecule has 1 aliphatic rings. The van der Waals surface area contributed by atoms with Gasteiger partial charge in [0.25, 0.3) is 0 Å². The average molecular weight is 284 g/mol. The van der Waals surface area contributed by atoms with Crippen molar-refractivity contribution >= 4 is 5.57 Å². The minimum atomic E-state index is 0.662. The maximum Gasteiger partial charge on any atom is -0.0154 e. The smallest absolute Gasteiger partial charge is 0.0154 e. The van der Waals surface area contributed by atoms with E-state index in [1.807, 2.05) is 27.7 Å². The molecule has 0 nitrogen and oxygen atoms in total. The molecular weight excluding hydrogens is 252 g/mol. The van der Waals surface area contributed by atoms with E-state index in [9.17, 15) is 0 Å². The van der Waals surface area contributed by atoms with Crippen LogP contribution >= 0.6 is 0 Å². The number of allylic oxidation sites excluding steroid dienone is 6. The zero-order valence-electron chi connectivity index (χ0n) is 14.7. The van der Waals surface area contributed by atoms with Crippen LogP contribution in [0.25, 0.3) is 5.57 Å². The highest BCUT2D eigenvalue weighted by Crippen LogP contribution is 2.24. The molecule has 0 aliphatic heterocycles. The minimum Gasteiger partial charge on any atom is -0.0772 e. The van der Waals surface area contributed by atoms with Crippen LogP contribution < -0.4 is 0 Å². The molecule has 1 aromatic carbocycles. The van der Waals surface area contributed by atoms with Gasteiger partial charge in [-0.05, 0) is 35.5 Å². The third kappa shape index (κ3) is 6.62. The van der Waals surface area contributed by atoms with Gasteiger partial charge in [-0.15, -0.1) is 0 Å². The second-order valence-corrected chi connectivity index (χ2v) is 4.61. The lowest BCUT2D eigenvalue weighted by Crippen LogP contribution is -1.94. The number of rotatable bonds is 3. The Labute approximate surface area is 132 Å². The summed E-state index contributed by atoms with van der Waals surface area (Å²) in [6.07, 6.45) is 11.4. The van der Waals surface area contributed by atoms with Gasteiger partial charge in [0.1, 0.15) is 0 Å². The van der Waals surface area contributed by atoms with E-state index in [1.54, 1.807) is 0 Å². The van der Waals surface area contributed by atoms with Crippen LogP contribution in [0.3, 0.4) is 0 Å². The first-order valence-electron chi connectivity index (χ1n) is 8.45. The Morgan fingerprint density at radius 1 is 0.905 bits per heavy atom. The summed E-state index contributed by atoms with van der Waals surface area (Å²) < 4.78 is 0. The molecule has 1 atom stereocenters. The summed E-state index contributed by atoms with van der Waals surface area (Å²) in [5, 5.41) is 0. The van der Waals surface area contributed by atoms with Crippen molar-refractivity contribution in [3.63, 3.8) is 0 Å². The molecule has 2 rings (SSSR count). The lowest BCUT2D eigenvalue weighted by atomic mass is 9.97. The molecule has 0 heteroatoms. The molecular formula is C21H32. The molecule has 0 heterocycles. The standard InChI is InChI=1S/C17H20.2C2H6/c1-3-14(2)15-10-7-11-17(13-12-15)16-8-5-4-6-9-16;2*1-2/h4-6,8-14H,3,7H2,1-2H3;2*1-2H3. The molecule has 0 radical (unpaired) electrons. The van der Waals surface area contributed by atoms with E-state index in [2.05, 4.69) is 68.5 Å². The van der Waals surface area contributed by atoms with Gasteiger partial charge >= 0.3 is 0 Å². The van der Waals surface area contributed by atoms with Crippen LogP contribution in [0.5, 0.6) is 0 Å². The molecule has 1 aliphatic carbocycles. The first-order chi connectivity index (χ1) is 10.3. The Balaban J connectivity index is 0.000000921. The van der Waals surface area contributed by atoms with Gasteiger partial charge in [-0.3, -0.25) is 0 Å². The third-order valence-corrected chi connectivity index (χ3v) is 3.44. The van der Waals surface area contributed by atoms with Gasteiger partial charge in [-0.1, -0.05) is 96.2 Å². The maximum absolute atomic E-state index is 2.35. The van der Waals surface area contributed by atoms with Gasteiger partial charge in [0.15, 0.2) is 0 Å². The van der Waals surface area contributed by atoms with Crippen molar-refractivity contribution in [1.82, 2.24) is 0 Å². The van der Waals surface area contributed by atoms with E-state index >= 15 is 0 Å². The number of benzene rings is 1. The van der Waals surface area contributed by atoms with Gasteiger partial charge in [0, 0.05) is 0 Å². The van der Waals surface area contributed by atoms with E-state index < -0.39 is 0 Å². The highest BCUT2D eigenvalue weighted by atomic mass is 14.1. The molecule has 0 N–H and O–H groups in total. The van der Waals surface area contributed by atoms with E-state index in [0.29, 0.717) is 5.92 Å². The highest BCUT2D eigenvalue weighted by Gasteiger charge is 2.06. The summed E-state index contributed by atoms with van der Waals surface area (Å²) >= 11 is 0. The first kappa shape index (κ1) is 19.4. The van der Waals surface area contributed by atoms with E-state index in [1.165, 1.54) is 23.1 Å². The fourth-order valence-corrected chi connectivity index (χ4v) is 2.09. The Morgan fingerprint density at radius 3 is 2.10 bits per heavy atom. The Bertz CT molecular complexity index is 446. The molecule has 0 amide bonds. The zero-order valence-corrected chi connectivity index (χ0v) is 14.7.